The van der Waals surface area contributed by atoms with Crippen LogP contribution in [0.15, 0.2) is 59.5 Å². The van der Waals surface area contributed by atoms with Crippen LogP contribution >= 0.6 is 0 Å². The highest BCUT2D eigenvalue weighted by Gasteiger charge is 2.17. The van der Waals surface area contributed by atoms with Crippen LogP contribution in [-0.2, 0) is 11.3 Å². The number of benzene rings is 2. The minimum absolute atomic E-state index is 0.00452. The number of anilines is 1. The number of carbonyl (C=O) groups is 1. The lowest BCUT2D eigenvalue weighted by atomic mass is 10.1. The van der Waals surface area contributed by atoms with E-state index in [1.54, 1.807) is 6.20 Å². The fourth-order valence-corrected chi connectivity index (χ4v) is 4.37. The van der Waals surface area contributed by atoms with Crippen molar-refractivity contribution in [1.29, 1.82) is 0 Å². The van der Waals surface area contributed by atoms with Crippen molar-refractivity contribution in [3.05, 3.63) is 87.6 Å². The van der Waals surface area contributed by atoms with Crippen LogP contribution < -0.4 is 10.9 Å². The molecule has 4 rings (SSSR count). The number of hydrogen-bond donors (Lipinski definition) is 1. The Kier molecular flexibility index (Phi) is 5.95. The number of carbonyl (C=O) groups excluding carboxylic acids is 1. The maximum absolute atomic E-state index is 13.2. The number of nitrogens with one attached hydrogen (secondary N) is 1. The largest absolute Gasteiger partial charge is 0.348 e. The molecule has 0 aliphatic heterocycles. The van der Waals surface area contributed by atoms with Crippen LogP contribution in [0.1, 0.15) is 35.4 Å². The third-order valence-electron chi connectivity index (χ3n) is 5.83. The summed E-state index contributed by atoms with van der Waals surface area (Å²) >= 11 is 0. The quantitative estimate of drug-likeness (QED) is 0.478. The highest BCUT2D eigenvalue weighted by molar-refractivity contribution is 5.91. The van der Waals surface area contributed by atoms with Crippen LogP contribution in [0.2, 0.25) is 0 Å². The summed E-state index contributed by atoms with van der Waals surface area (Å²) < 4.78 is 3.56. The maximum Gasteiger partial charge on any atom is 0.281 e. The average molecular weight is 429 g/mol. The van der Waals surface area contributed by atoms with E-state index in [0.29, 0.717) is 24.8 Å². The molecule has 0 saturated heterocycles. The number of rotatable bonds is 6. The van der Waals surface area contributed by atoms with Crippen molar-refractivity contribution in [2.24, 2.45) is 0 Å². The van der Waals surface area contributed by atoms with E-state index in [2.05, 4.69) is 21.0 Å². The zero-order valence-electron chi connectivity index (χ0n) is 19.0. The molecule has 0 fully saturated rings. The van der Waals surface area contributed by atoms with E-state index in [0.717, 1.165) is 39.3 Å². The summed E-state index contributed by atoms with van der Waals surface area (Å²) in [6, 6.07) is 15.5. The van der Waals surface area contributed by atoms with Gasteiger partial charge in [0.25, 0.3) is 5.56 Å². The minimum Gasteiger partial charge on any atom is -0.348 e. The number of aromatic nitrogens is 3. The SMILES string of the molecule is Cc1cc(C)cc(NC(=O)CCCn2c(C)c3cnn(-c4ccccc4)c(=O)c3c2C)c1. The summed E-state index contributed by atoms with van der Waals surface area (Å²) in [7, 11) is 0. The second-order valence-electron chi connectivity index (χ2n) is 8.34. The molecule has 1 amide bonds. The van der Waals surface area contributed by atoms with Crippen molar-refractivity contribution < 1.29 is 4.79 Å². The van der Waals surface area contributed by atoms with E-state index >= 15 is 0 Å². The zero-order chi connectivity index (χ0) is 22.8. The molecule has 2 heterocycles. The number of amides is 1. The van der Waals surface area contributed by atoms with E-state index in [4.69, 9.17) is 0 Å². The van der Waals surface area contributed by atoms with E-state index < -0.39 is 0 Å². The normalized spacial score (nSPS) is 11.1. The number of aryl methyl sites for hydroxylation is 4. The topological polar surface area (TPSA) is 68.9 Å². The minimum atomic E-state index is -0.124. The predicted octanol–water partition coefficient (Wildman–Crippen LogP) is 4.84. The Bertz CT molecular complexity index is 1330. The molecule has 0 saturated carbocycles. The molecule has 0 radical (unpaired) electrons. The molecular formula is C26H28N4O2. The van der Waals surface area contributed by atoms with Crippen LogP contribution in [0.5, 0.6) is 0 Å². The molecule has 0 aliphatic carbocycles. The van der Waals surface area contributed by atoms with Crippen molar-refractivity contribution in [2.45, 2.75) is 47.1 Å². The van der Waals surface area contributed by atoms with Gasteiger partial charge in [-0.1, -0.05) is 24.3 Å². The van der Waals surface area contributed by atoms with E-state index in [1.807, 2.05) is 70.2 Å². The van der Waals surface area contributed by atoms with Gasteiger partial charge in [-0.3, -0.25) is 9.59 Å². The van der Waals surface area contributed by atoms with Gasteiger partial charge in [0.05, 0.1) is 17.3 Å². The number of hydrogen-bond acceptors (Lipinski definition) is 3. The van der Waals surface area contributed by atoms with E-state index in [1.165, 1.54) is 4.68 Å². The Labute approximate surface area is 187 Å². The maximum atomic E-state index is 13.2. The smallest absolute Gasteiger partial charge is 0.281 e. The number of fused-ring (bicyclic) bond motifs is 1. The summed E-state index contributed by atoms with van der Waals surface area (Å²) in [6.45, 7) is 8.66. The first-order chi connectivity index (χ1) is 15.3. The zero-order valence-corrected chi connectivity index (χ0v) is 19.0. The van der Waals surface area contributed by atoms with Gasteiger partial charge < -0.3 is 9.88 Å². The van der Waals surface area contributed by atoms with Gasteiger partial charge >= 0.3 is 0 Å². The van der Waals surface area contributed by atoms with Crippen molar-refractivity contribution in [3.8, 4) is 5.69 Å². The van der Waals surface area contributed by atoms with Crippen LogP contribution in [0.3, 0.4) is 0 Å². The van der Waals surface area contributed by atoms with Crippen LogP contribution in [0, 0.1) is 27.7 Å². The summed E-state index contributed by atoms with van der Waals surface area (Å²) in [5, 5.41) is 8.92. The molecule has 6 nitrogen and oxygen atoms in total. The average Bonchev–Trinajstić information content (AvgIpc) is 2.99. The summed E-state index contributed by atoms with van der Waals surface area (Å²) in [5.74, 6) is -0.00452. The molecule has 164 valence electrons. The summed E-state index contributed by atoms with van der Waals surface area (Å²) in [4.78, 5) is 25.6. The Morgan fingerprint density at radius 3 is 2.34 bits per heavy atom. The Morgan fingerprint density at radius 1 is 0.969 bits per heavy atom. The van der Waals surface area contributed by atoms with Crippen molar-refractivity contribution >= 4 is 22.4 Å². The molecule has 0 spiro atoms. The van der Waals surface area contributed by atoms with Crippen LogP contribution in [-0.4, -0.2) is 20.3 Å². The van der Waals surface area contributed by atoms with E-state index in [9.17, 15) is 9.59 Å². The highest BCUT2D eigenvalue weighted by atomic mass is 16.1. The first-order valence-corrected chi connectivity index (χ1v) is 10.9. The van der Waals surface area contributed by atoms with Gasteiger partial charge in [-0.2, -0.15) is 9.78 Å². The lowest BCUT2D eigenvalue weighted by molar-refractivity contribution is -0.116. The molecule has 4 aromatic rings. The Hall–Kier alpha value is -3.67. The molecule has 0 unspecified atom stereocenters. The van der Waals surface area contributed by atoms with Crippen LogP contribution in [0.25, 0.3) is 16.5 Å². The van der Waals surface area contributed by atoms with Crippen molar-refractivity contribution in [1.82, 2.24) is 14.3 Å². The second kappa shape index (κ2) is 8.83. The lowest BCUT2D eigenvalue weighted by Gasteiger charge is -2.10. The molecule has 2 aromatic heterocycles. The van der Waals surface area contributed by atoms with Gasteiger partial charge in [-0.25, -0.2) is 0 Å². The molecule has 0 bridgehead atoms. The van der Waals surface area contributed by atoms with Gasteiger partial charge in [0.2, 0.25) is 5.91 Å². The van der Waals surface area contributed by atoms with Gasteiger partial charge in [0, 0.05) is 35.4 Å². The molecule has 1 N–H and O–H groups in total. The van der Waals surface area contributed by atoms with Crippen molar-refractivity contribution in [3.63, 3.8) is 0 Å². The predicted molar refractivity (Wildman–Crippen MR) is 129 cm³/mol. The van der Waals surface area contributed by atoms with E-state index in [-0.39, 0.29) is 11.5 Å². The monoisotopic (exact) mass is 428 g/mol. The molecule has 32 heavy (non-hydrogen) atoms. The molecule has 6 heteroatoms. The molecule has 0 atom stereocenters. The molecular weight excluding hydrogens is 400 g/mol. The first kappa shape index (κ1) is 21.6. The number of para-hydroxylation sites is 1. The fourth-order valence-electron chi connectivity index (χ4n) is 4.37. The standard InChI is InChI=1S/C26H28N4O2/c1-17-13-18(2)15-21(14-17)28-24(31)11-8-12-29-19(3)23-16-27-30(22-9-6-5-7-10-22)26(32)25(23)20(29)4/h5-7,9-10,13-16H,8,11-12H2,1-4H3,(H,28,31). The highest BCUT2D eigenvalue weighted by Crippen LogP contribution is 2.23. The fraction of sp³-hybridized carbons (Fsp3) is 0.269. The molecule has 2 aromatic carbocycles. The van der Waals surface area contributed by atoms with Gasteiger partial charge in [-0.15, -0.1) is 0 Å². The number of nitrogens with zero attached hydrogens (tertiary/aromatic N) is 3. The lowest BCUT2D eigenvalue weighted by Crippen LogP contribution is -2.21. The third-order valence-corrected chi connectivity index (χ3v) is 5.83. The Balaban J connectivity index is 1.51. The molecule has 0 aliphatic rings. The third kappa shape index (κ3) is 4.21. The summed E-state index contributed by atoms with van der Waals surface area (Å²) in [5.41, 5.74) is 5.61. The van der Waals surface area contributed by atoms with Crippen LogP contribution in [0.4, 0.5) is 5.69 Å². The summed E-state index contributed by atoms with van der Waals surface area (Å²) in [6.07, 6.45) is 2.85. The van der Waals surface area contributed by atoms with Gasteiger partial charge in [0.15, 0.2) is 0 Å². The van der Waals surface area contributed by atoms with Gasteiger partial charge in [0.1, 0.15) is 0 Å². The first-order valence-electron chi connectivity index (χ1n) is 10.9. The van der Waals surface area contributed by atoms with Gasteiger partial charge in [-0.05, 0) is 69.5 Å². The Morgan fingerprint density at radius 2 is 1.66 bits per heavy atom. The van der Waals surface area contributed by atoms with Crippen molar-refractivity contribution in [2.75, 3.05) is 5.32 Å². The second-order valence-corrected chi connectivity index (χ2v) is 8.34.